The highest BCUT2D eigenvalue weighted by atomic mass is 15.2. The maximum Gasteiger partial charge on any atom is 0.0522 e. The molecular formula is C16H30N4. The van der Waals surface area contributed by atoms with Gasteiger partial charge >= 0.3 is 0 Å². The van der Waals surface area contributed by atoms with Gasteiger partial charge in [0.25, 0.3) is 0 Å². The average Bonchev–Trinajstić information content (AvgIpc) is 2.74. The molecule has 4 heteroatoms. The van der Waals surface area contributed by atoms with Crippen molar-refractivity contribution in [2.75, 3.05) is 19.6 Å². The van der Waals surface area contributed by atoms with E-state index in [4.69, 9.17) is 5.73 Å². The summed E-state index contributed by atoms with van der Waals surface area (Å²) < 4.78 is 1.88. The molecule has 114 valence electrons. The Labute approximate surface area is 123 Å². The number of aromatic nitrogens is 2. The summed E-state index contributed by atoms with van der Waals surface area (Å²) in [6.45, 7) is 5.26. The minimum absolute atomic E-state index is 0.244. The van der Waals surface area contributed by atoms with Crippen molar-refractivity contribution >= 4 is 0 Å². The van der Waals surface area contributed by atoms with Crippen molar-refractivity contribution < 1.29 is 0 Å². The van der Waals surface area contributed by atoms with Gasteiger partial charge in [0.1, 0.15) is 0 Å². The Morgan fingerprint density at radius 1 is 1.30 bits per heavy atom. The normalized spacial score (nSPS) is 19.2. The maximum absolute atomic E-state index is 6.20. The van der Waals surface area contributed by atoms with Crippen LogP contribution in [0.4, 0.5) is 0 Å². The largest absolute Gasteiger partial charge is 0.329 e. The van der Waals surface area contributed by atoms with Crippen LogP contribution in [0.3, 0.4) is 0 Å². The molecule has 0 spiro atoms. The zero-order valence-electron chi connectivity index (χ0n) is 13.1. The van der Waals surface area contributed by atoms with E-state index >= 15 is 0 Å². The molecule has 4 nitrogen and oxygen atoms in total. The van der Waals surface area contributed by atoms with Crippen LogP contribution in [0, 0.1) is 0 Å². The molecule has 0 bridgehead atoms. The SMILES string of the molecule is CCN(CCc1cnn(C)c1)C1(CN)CCCCCC1. The number of likely N-dealkylation sites (N-methyl/N-ethyl adjacent to an activating group) is 1. The third kappa shape index (κ3) is 3.61. The van der Waals surface area contributed by atoms with Crippen LogP contribution in [-0.4, -0.2) is 39.9 Å². The average molecular weight is 278 g/mol. The van der Waals surface area contributed by atoms with Crippen molar-refractivity contribution in [3.05, 3.63) is 18.0 Å². The fourth-order valence-electron chi connectivity index (χ4n) is 3.63. The van der Waals surface area contributed by atoms with Gasteiger partial charge in [0.15, 0.2) is 0 Å². The van der Waals surface area contributed by atoms with E-state index in [0.29, 0.717) is 0 Å². The molecule has 0 amide bonds. The lowest BCUT2D eigenvalue weighted by Crippen LogP contribution is -2.54. The number of hydrogen-bond donors (Lipinski definition) is 1. The first-order valence-corrected chi connectivity index (χ1v) is 8.13. The Hall–Kier alpha value is -0.870. The summed E-state index contributed by atoms with van der Waals surface area (Å²) in [7, 11) is 1.98. The van der Waals surface area contributed by atoms with E-state index in [9.17, 15) is 0 Å². The van der Waals surface area contributed by atoms with Crippen molar-refractivity contribution in [1.29, 1.82) is 0 Å². The highest BCUT2D eigenvalue weighted by molar-refractivity contribution is 5.05. The van der Waals surface area contributed by atoms with Gasteiger partial charge in [-0.25, -0.2) is 0 Å². The maximum atomic E-state index is 6.20. The zero-order chi connectivity index (χ0) is 14.4. The summed E-state index contributed by atoms with van der Waals surface area (Å²) in [5.41, 5.74) is 7.77. The van der Waals surface area contributed by atoms with Gasteiger partial charge in [-0.15, -0.1) is 0 Å². The highest BCUT2D eigenvalue weighted by Crippen LogP contribution is 2.31. The van der Waals surface area contributed by atoms with Crippen molar-refractivity contribution in [1.82, 2.24) is 14.7 Å². The summed E-state index contributed by atoms with van der Waals surface area (Å²) in [4.78, 5) is 2.63. The Kier molecular flexibility index (Phi) is 5.61. The van der Waals surface area contributed by atoms with Crippen LogP contribution in [0.15, 0.2) is 12.4 Å². The van der Waals surface area contributed by atoms with E-state index < -0.39 is 0 Å². The Morgan fingerprint density at radius 2 is 2.00 bits per heavy atom. The van der Waals surface area contributed by atoms with Crippen LogP contribution >= 0.6 is 0 Å². The molecule has 1 aromatic heterocycles. The summed E-state index contributed by atoms with van der Waals surface area (Å²) in [5, 5.41) is 4.26. The second-order valence-electron chi connectivity index (χ2n) is 6.19. The fourth-order valence-corrected chi connectivity index (χ4v) is 3.63. The predicted octanol–water partition coefficient (Wildman–Crippen LogP) is 2.34. The Bertz CT molecular complexity index is 391. The van der Waals surface area contributed by atoms with E-state index in [0.717, 1.165) is 26.1 Å². The minimum atomic E-state index is 0.244. The molecule has 0 radical (unpaired) electrons. The monoisotopic (exact) mass is 278 g/mol. The second kappa shape index (κ2) is 7.23. The molecule has 1 heterocycles. The third-order valence-electron chi connectivity index (χ3n) is 4.90. The summed E-state index contributed by atoms with van der Waals surface area (Å²) in [5.74, 6) is 0. The van der Waals surface area contributed by atoms with Crippen LogP contribution in [0.5, 0.6) is 0 Å². The number of aryl methyl sites for hydroxylation is 1. The van der Waals surface area contributed by atoms with E-state index in [1.54, 1.807) is 0 Å². The number of nitrogens with two attached hydrogens (primary N) is 1. The Balaban J connectivity index is 2.00. The topological polar surface area (TPSA) is 47.1 Å². The van der Waals surface area contributed by atoms with Crippen LogP contribution in [-0.2, 0) is 13.5 Å². The van der Waals surface area contributed by atoms with Crippen LogP contribution in [0.1, 0.15) is 51.0 Å². The van der Waals surface area contributed by atoms with Gasteiger partial charge < -0.3 is 5.73 Å². The molecule has 0 aliphatic heterocycles. The number of hydrogen-bond acceptors (Lipinski definition) is 3. The van der Waals surface area contributed by atoms with Gasteiger partial charge in [0.2, 0.25) is 0 Å². The third-order valence-corrected chi connectivity index (χ3v) is 4.90. The fraction of sp³-hybridized carbons (Fsp3) is 0.812. The van der Waals surface area contributed by atoms with Gasteiger partial charge in [-0.2, -0.15) is 5.10 Å². The molecule has 1 aromatic rings. The standard InChI is InChI=1S/C16H30N4/c1-3-20(11-8-15-12-18-19(2)13-15)16(14-17)9-6-4-5-7-10-16/h12-13H,3-11,14,17H2,1-2H3. The molecular weight excluding hydrogens is 248 g/mol. The lowest BCUT2D eigenvalue weighted by molar-refractivity contribution is 0.0847. The van der Waals surface area contributed by atoms with Gasteiger partial charge in [-0.1, -0.05) is 32.6 Å². The van der Waals surface area contributed by atoms with Crippen molar-refractivity contribution in [2.45, 2.75) is 57.4 Å². The van der Waals surface area contributed by atoms with Crippen LogP contribution in [0.2, 0.25) is 0 Å². The van der Waals surface area contributed by atoms with Crippen LogP contribution < -0.4 is 5.73 Å². The van der Waals surface area contributed by atoms with E-state index in [2.05, 4.69) is 23.1 Å². The molecule has 20 heavy (non-hydrogen) atoms. The van der Waals surface area contributed by atoms with E-state index in [1.165, 1.54) is 44.1 Å². The van der Waals surface area contributed by atoms with Crippen molar-refractivity contribution in [3.63, 3.8) is 0 Å². The first-order valence-electron chi connectivity index (χ1n) is 8.13. The molecule has 0 atom stereocenters. The molecule has 1 aliphatic carbocycles. The summed E-state index contributed by atoms with van der Waals surface area (Å²) >= 11 is 0. The summed E-state index contributed by atoms with van der Waals surface area (Å²) in [6, 6.07) is 0. The first-order chi connectivity index (χ1) is 9.70. The van der Waals surface area contributed by atoms with Gasteiger partial charge in [0, 0.05) is 31.9 Å². The highest BCUT2D eigenvalue weighted by Gasteiger charge is 2.34. The molecule has 1 saturated carbocycles. The lowest BCUT2D eigenvalue weighted by Gasteiger charge is -2.43. The van der Waals surface area contributed by atoms with Gasteiger partial charge in [-0.3, -0.25) is 9.58 Å². The van der Waals surface area contributed by atoms with Crippen molar-refractivity contribution in [2.24, 2.45) is 12.8 Å². The zero-order valence-corrected chi connectivity index (χ0v) is 13.1. The smallest absolute Gasteiger partial charge is 0.0522 e. The van der Waals surface area contributed by atoms with Gasteiger partial charge in [0.05, 0.1) is 6.20 Å². The minimum Gasteiger partial charge on any atom is -0.329 e. The number of nitrogens with zero attached hydrogens (tertiary/aromatic N) is 3. The quantitative estimate of drug-likeness (QED) is 0.813. The molecule has 0 saturated heterocycles. The molecule has 2 rings (SSSR count). The summed E-state index contributed by atoms with van der Waals surface area (Å²) in [6.07, 6.45) is 13.1. The molecule has 1 aliphatic rings. The molecule has 0 aromatic carbocycles. The second-order valence-corrected chi connectivity index (χ2v) is 6.19. The molecule has 2 N–H and O–H groups in total. The number of rotatable bonds is 6. The van der Waals surface area contributed by atoms with E-state index in [-0.39, 0.29) is 5.54 Å². The van der Waals surface area contributed by atoms with Gasteiger partial charge in [-0.05, 0) is 31.4 Å². The molecule has 0 unspecified atom stereocenters. The lowest BCUT2D eigenvalue weighted by atomic mass is 9.87. The first kappa shape index (κ1) is 15.5. The predicted molar refractivity (Wildman–Crippen MR) is 83.6 cm³/mol. The van der Waals surface area contributed by atoms with Crippen molar-refractivity contribution in [3.8, 4) is 0 Å². The van der Waals surface area contributed by atoms with E-state index in [1.807, 2.05) is 17.9 Å². The van der Waals surface area contributed by atoms with Crippen LogP contribution in [0.25, 0.3) is 0 Å². The molecule has 1 fully saturated rings. The Morgan fingerprint density at radius 3 is 2.50 bits per heavy atom.